The van der Waals surface area contributed by atoms with Gasteiger partial charge in [0.15, 0.2) is 0 Å². The van der Waals surface area contributed by atoms with Gasteiger partial charge in [-0.15, -0.1) is 0 Å². The van der Waals surface area contributed by atoms with Gasteiger partial charge in [-0.1, -0.05) is 0 Å². The van der Waals surface area contributed by atoms with Crippen LogP contribution in [0.15, 0.2) is 18.3 Å². The van der Waals surface area contributed by atoms with E-state index in [1.54, 1.807) is 6.07 Å². The lowest BCUT2D eigenvalue weighted by molar-refractivity contribution is 0.0887. The molecule has 0 radical (unpaired) electrons. The van der Waals surface area contributed by atoms with Crippen molar-refractivity contribution in [1.82, 2.24) is 10.3 Å². The van der Waals surface area contributed by atoms with E-state index in [9.17, 15) is 4.39 Å². The normalized spacial score (nSPS) is 31.9. The van der Waals surface area contributed by atoms with E-state index in [2.05, 4.69) is 10.3 Å². The molecule has 1 unspecified atom stereocenters. The zero-order valence-corrected chi connectivity index (χ0v) is 9.03. The van der Waals surface area contributed by atoms with Crippen LogP contribution in [0.5, 0.6) is 5.88 Å². The second kappa shape index (κ2) is 4.01. The average Bonchev–Trinajstić information content (AvgIpc) is 2.28. The fourth-order valence-electron chi connectivity index (χ4n) is 2.62. The van der Waals surface area contributed by atoms with Crippen LogP contribution in [0.3, 0.4) is 0 Å². The lowest BCUT2D eigenvalue weighted by atomic mass is 9.72. The Kier molecular flexibility index (Phi) is 2.52. The van der Waals surface area contributed by atoms with Crippen LogP contribution in [0.25, 0.3) is 0 Å². The number of piperidine rings is 2. The number of hydrogen-bond donors (Lipinski definition) is 1. The number of pyridine rings is 1. The molecule has 0 spiro atoms. The van der Waals surface area contributed by atoms with Crippen molar-refractivity contribution in [2.75, 3.05) is 6.61 Å². The highest BCUT2D eigenvalue weighted by Crippen LogP contribution is 2.36. The van der Waals surface area contributed by atoms with E-state index in [0.29, 0.717) is 24.6 Å². The van der Waals surface area contributed by atoms with Crippen LogP contribution in [0.2, 0.25) is 0 Å². The summed E-state index contributed by atoms with van der Waals surface area (Å²) < 4.78 is 18.1. The number of rotatable bonds is 3. The van der Waals surface area contributed by atoms with E-state index in [0.717, 1.165) is 5.92 Å². The van der Waals surface area contributed by atoms with Crippen molar-refractivity contribution >= 4 is 0 Å². The second-order valence-corrected chi connectivity index (χ2v) is 4.76. The minimum absolute atomic E-state index is 0.329. The van der Waals surface area contributed by atoms with Gasteiger partial charge in [0.1, 0.15) is 12.4 Å². The molecule has 2 aliphatic heterocycles. The third-order valence-corrected chi connectivity index (χ3v) is 3.46. The number of halogens is 1. The molecule has 1 saturated carbocycles. The highest BCUT2D eigenvalue weighted by Gasteiger charge is 2.37. The predicted octanol–water partition coefficient (Wildman–Crippen LogP) is 1.74. The van der Waals surface area contributed by atoms with E-state index in [1.165, 1.54) is 31.5 Å². The van der Waals surface area contributed by atoms with Gasteiger partial charge in [0, 0.05) is 18.2 Å². The molecule has 2 bridgehead atoms. The van der Waals surface area contributed by atoms with Crippen LogP contribution in [0.4, 0.5) is 4.39 Å². The molecule has 1 aromatic heterocycles. The maximum atomic E-state index is 12.6. The van der Waals surface area contributed by atoms with Crippen molar-refractivity contribution < 1.29 is 9.13 Å². The fourth-order valence-corrected chi connectivity index (χ4v) is 2.62. The minimum atomic E-state index is -0.329. The third kappa shape index (κ3) is 2.02. The van der Waals surface area contributed by atoms with Gasteiger partial charge in [-0.25, -0.2) is 9.37 Å². The molecule has 0 amide bonds. The summed E-state index contributed by atoms with van der Waals surface area (Å²) in [5, 5.41) is 3.54. The van der Waals surface area contributed by atoms with Crippen molar-refractivity contribution in [2.24, 2.45) is 5.92 Å². The summed E-state index contributed by atoms with van der Waals surface area (Å²) in [5.41, 5.74) is 0. The van der Waals surface area contributed by atoms with Crippen LogP contribution in [0.1, 0.15) is 19.3 Å². The van der Waals surface area contributed by atoms with Gasteiger partial charge >= 0.3 is 0 Å². The van der Waals surface area contributed by atoms with Crippen LogP contribution in [-0.4, -0.2) is 23.7 Å². The van der Waals surface area contributed by atoms with Crippen LogP contribution in [0, 0.1) is 11.7 Å². The van der Waals surface area contributed by atoms with Crippen LogP contribution < -0.4 is 10.1 Å². The first-order valence-electron chi connectivity index (χ1n) is 5.80. The van der Waals surface area contributed by atoms with Gasteiger partial charge in [-0.05, 0) is 31.2 Å². The Morgan fingerprint density at radius 1 is 1.38 bits per heavy atom. The first kappa shape index (κ1) is 10.0. The Morgan fingerprint density at radius 2 is 2.25 bits per heavy atom. The highest BCUT2D eigenvalue weighted by atomic mass is 19.1. The lowest BCUT2D eigenvalue weighted by Gasteiger charge is -2.46. The molecule has 4 rings (SSSR count). The number of nitrogens with zero attached hydrogens (tertiary/aromatic N) is 1. The van der Waals surface area contributed by atoms with Gasteiger partial charge in [0.25, 0.3) is 0 Å². The maximum absolute atomic E-state index is 12.6. The van der Waals surface area contributed by atoms with Gasteiger partial charge in [-0.3, -0.25) is 0 Å². The SMILES string of the molecule is Fc1ccc(OCC2CC3CC(C3)N2)nc1. The molecule has 1 atom stereocenters. The summed E-state index contributed by atoms with van der Waals surface area (Å²) in [6.07, 6.45) is 5.02. The third-order valence-electron chi connectivity index (χ3n) is 3.46. The van der Waals surface area contributed by atoms with Crippen LogP contribution >= 0.6 is 0 Å². The molecule has 3 aliphatic rings. The zero-order chi connectivity index (χ0) is 11.0. The number of aromatic nitrogens is 1. The highest BCUT2D eigenvalue weighted by molar-refractivity contribution is 5.11. The molecular formula is C12H15FN2O. The average molecular weight is 222 g/mol. The molecule has 2 saturated heterocycles. The van der Waals surface area contributed by atoms with E-state index >= 15 is 0 Å². The molecule has 16 heavy (non-hydrogen) atoms. The standard InChI is InChI=1S/C12H15FN2O/c13-9-1-2-12(14-6-9)16-7-11-5-8-3-10(4-8)15-11/h1-2,6,8,10-11,15H,3-5,7H2. The van der Waals surface area contributed by atoms with Crippen molar-refractivity contribution in [3.63, 3.8) is 0 Å². The summed E-state index contributed by atoms with van der Waals surface area (Å²) in [4.78, 5) is 3.87. The summed E-state index contributed by atoms with van der Waals surface area (Å²) in [6.45, 7) is 0.631. The minimum Gasteiger partial charge on any atom is -0.476 e. The quantitative estimate of drug-likeness (QED) is 0.845. The van der Waals surface area contributed by atoms with Gasteiger partial charge < -0.3 is 10.1 Å². The smallest absolute Gasteiger partial charge is 0.213 e. The predicted molar refractivity (Wildman–Crippen MR) is 57.7 cm³/mol. The largest absolute Gasteiger partial charge is 0.476 e. The van der Waals surface area contributed by atoms with E-state index in [-0.39, 0.29) is 5.82 Å². The van der Waals surface area contributed by atoms with Crippen molar-refractivity contribution in [3.05, 3.63) is 24.1 Å². The fraction of sp³-hybridized carbons (Fsp3) is 0.583. The molecule has 4 heteroatoms. The Labute approximate surface area is 94.0 Å². The Morgan fingerprint density at radius 3 is 2.88 bits per heavy atom. The summed E-state index contributed by atoms with van der Waals surface area (Å²) in [5.74, 6) is 1.06. The van der Waals surface area contributed by atoms with Crippen molar-refractivity contribution in [2.45, 2.75) is 31.3 Å². The Bertz CT molecular complexity index is 352. The molecule has 0 aromatic carbocycles. The number of nitrogens with one attached hydrogen (secondary N) is 1. The molecule has 86 valence electrons. The molecule has 1 N–H and O–H groups in total. The molecule has 3 fully saturated rings. The second-order valence-electron chi connectivity index (χ2n) is 4.76. The monoisotopic (exact) mass is 222 g/mol. The summed E-state index contributed by atoms with van der Waals surface area (Å²) in [7, 11) is 0. The number of hydrogen-bond acceptors (Lipinski definition) is 3. The molecule has 3 nitrogen and oxygen atoms in total. The lowest BCUT2D eigenvalue weighted by Crippen LogP contribution is -2.55. The van der Waals surface area contributed by atoms with E-state index in [4.69, 9.17) is 4.74 Å². The van der Waals surface area contributed by atoms with E-state index < -0.39 is 0 Å². The zero-order valence-electron chi connectivity index (χ0n) is 9.03. The van der Waals surface area contributed by atoms with Gasteiger partial charge in [0.05, 0.1) is 6.20 Å². The van der Waals surface area contributed by atoms with Crippen molar-refractivity contribution in [3.8, 4) is 5.88 Å². The van der Waals surface area contributed by atoms with Crippen LogP contribution in [-0.2, 0) is 0 Å². The van der Waals surface area contributed by atoms with Gasteiger partial charge in [-0.2, -0.15) is 0 Å². The number of fused-ring (bicyclic) bond motifs is 2. The van der Waals surface area contributed by atoms with E-state index in [1.807, 2.05) is 0 Å². The topological polar surface area (TPSA) is 34.1 Å². The molecular weight excluding hydrogens is 207 g/mol. The summed E-state index contributed by atoms with van der Waals surface area (Å²) in [6, 6.07) is 4.07. The van der Waals surface area contributed by atoms with Gasteiger partial charge in [0.2, 0.25) is 5.88 Å². The maximum Gasteiger partial charge on any atom is 0.213 e. The Balaban J connectivity index is 1.51. The van der Waals surface area contributed by atoms with Crippen molar-refractivity contribution in [1.29, 1.82) is 0 Å². The Hall–Kier alpha value is -1.16. The first-order chi connectivity index (χ1) is 7.79. The molecule has 3 heterocycles. The molecule has 1 aliphatic carbocycles. The summed E-state index contributed by atoms with van der Waals surface area (Å²) >= 11 is 0. The first-order valence-corrected chi connectivity index (χ1v) is 5.80. The molecule has 1 aromatic rings. The number of ether oxygens (including phenoxy) is 1.